The second kappa shape index (κ2) is 16.7. The molecule has 0 fully saturated rings. The summed E-state index contributed by atoms with van der Waals surface area (Å²) in [5.41, 5.74) is 0.140. The number of phenolic OH excluding ortho intramolecular Hbond substituents is 3. The highest BCUT2D eigenvalue weighted by molar-refractivity contribution is 7.86. The minimum atomic E-state index is -5.38. The highest BCUT2D eigenvalue weighted by Crippen LogP contribution is 2.47. The standard InChI is InChI=1S/C35H28N8O18S4/c1-3-43-34(48)26(33(36)47)14(2)28(35(43)49)40-37-17-5-4-15-9-24(64(56,57)58)29(31(45)20(15)11-17)41-38-18-6-7-21(23(12-18)63(53,54)55)39-42-30-25(65(59,60)61)10-16-8-19(62(50,51)52)13-22(44)27(16)32(30)46/h4-13,44-46,49H,3H2,1-2H3,(H2,36,47)(H,50,51,52)(H,53,54,55)(H,56,57,58)(H,59,60,61)/b40-37+,41-38+,42-39+. The van der Waals surface area contributed by atoms with Crippen LogP contribution in [0, 0.1) is 6.92 Å². The molecule has 0 saturated heterocycles. The van der Waals surface area contributed by atoms with E-state index in [1.165, 1.54) is 26.0 Å². The third-order valence-electron chi connectivity index (χ3n) is 9.22. The van der Waals surface area contributed by atoms with Crippen LogP contribution in [0.4, 0.5) is 34.1 Å². The molecule has 6 rings (SSSR count). The van der Waals surface area contributed by atoms with Crippen molar-refractivity contribution in [3.05, 3.63) is 82.1 Å². The Morgan fingerprint density at radius 1 is 0.615 bits per heavy atom. The Kier molecular flexibility index (Phi) is 12.1. The number of carbonyl (C=O) groups excluding carboxylic acids is 1. The molecule has 65 heavy (non-hydrogen) atoms. The zero-order valence-corrected chi connectivity index (χ0v) is 35.7. The van der Waals surface area contributed by atoms with E-state index in [1.54, 1.807) is 0 Å². The lowest BCUT2D eigenvalue weighted by atomic mass is 10.1. The van der Waals surface area contributed by atoms with E-state index in [2.05, 4.69) is 30.7 Å². The summed E-state index contributed by atoms with van der Waals surface area (Å²) in [7, 11) is -20.9. The van der Waals surface area contributed by atoms with E-state index >= 15 is 0 Å². The van der Waals surface area contributed by atoms with Crippen LogP contribution in [0.2, 0.25) is 0 Å². The van der Waals surface area contributed by atoms with Crippen LogP contribution < -0.4 is 11.3 Å². The van der Waals surface area contributed by atoms with Crippen molar-refractivity contribution in [1.29, 1.82) is 0 Å². The Labute approximate surface area is 364 Å². The van der Waals surface area contributed by atoms with Crippen LogP contribution >= 0.6 is 0 Å². The maximum Gasteiger partial charge on any atom is 0.296 e. The van der Waals surface area contributed by atoms with Crippen LogP contribution in [-0.4, -0.2) is 82.8 Å². The van der Waals surface area contributed by atoms with Gasteiger partial charge in [0.05, 0.1) is 21.7 Å². The fourth-order valence-electron chi connectivity index (χ4n) is 6.25. The molecule has 10 N–H and O–H groups in total. The van der Waals surface area contributed by atoms with Gasteiger partial charge in [0, 0.05) is 23.6 Å². The summed E-state index contributed by atoms with van der Waals surface area (Å²) in [6.45, 7) is 2.70. The van der Waals surface area contributed by atoms with Crippen LogP contribution in [0.5, 0.6) is 23.1 Å². The van der Waals surface area contributed by atoms with Gasteiger partial charge in [-0.05, 0) is 73.2 Å². The Bertz CT molecular complexity index is 3710. The van der Waals surface area contributed by atoms with Crippen molar-refractivity contribution < 1.29 is 77.1 Å². The molecule has 30 heteroatoms. The van der Waals surface area contributed by atoms with Crippen molar-refractivity contribution in [2.24, 2.45) is 36.4 Å². The molecule has 5 aromatic carbocycles. The summed E-state index contributed by atoms with van der Waals surface area (Å²) < 4.78 is 138. The first-order valence-electron chi connectivity index (χ1n) is 17.4. The fourth-order valence-corrected chi connectivity index (χ4v) is 8.74. The Morgan fingerprint density at radius 3 is 1.69 bits per heavy atom. The number of hydrogen-bond donors (Lipinski definition) is 9. The van der Waals surface area contributed by atoms with E-state index in [-0.39, 0.29) is 34.3 Å². The Hall–Kier alpha value is -7.32. The number of nitrogens with zero attached hydrogens (tertiary/aromatic N) is 7. The third kappa shape index (κ3) is 9.21. The molecule has 1 heterocycles. The Morgan fingerprint density at radius 2 is 1.14 bits per heavy atom. The molecule has 1 aromatic heterocycles. The van der Waals surface area contributed by atoms with Gasteiger partial charge in [-0.1, -0.05) is 6.07 Å². The highest BCUT2D eigenvalue weighted by Gasteiger charge is 2.27. The molecule has 0 radical (unpaired) electrons. The predicted octanol–water partition coefficient (Wildman–Crippen LogP) is 5.64. The summed E-state index contributed by atoms with van der Waals surface area (Å²) in [5, 5.41) is 64.2. The summed E-state index contributed by atoms with van der Waals surface area (Å²) in [4.78, 5) is 20.3. The molecule has 0 aliphatic carbocycles. The van der Waals surface area contributed by atoms with Gasteiger partial charge in [0.15, 0.2) is 11.5 Å². The molecule has 1 amide bonds. The lowest BCUT2D eigenvalue weighted by Crippen LogP contribution is -2.30. The van der Waals surface area contributed by atoms with Crippen LogP contribution in [0.25, 0.3) is 21.5 Å². The molecule has 6 aromatic rings. The van der Waals surface area contributed by atoms with Gasteiger partial charge in [-0.3, -0.25) is 32.4 Å². The molecule has 0 unspecified atom stereocenters. The molecule has 26 nitrogen and oxygen atoms in total. The number of benzene rings is 5. The van der Waals surface area contributed by atoms with Crippen molar-refractivity contribution in [1.82, 2.24) is 4.57 Å². The lowest BCUT2D eigenvalue weighted by Gasteiger charge is -2.12. The number of carbonyl (C=O) groups is 1. The highest BCUT2D eigenvalue weighted by atomic mass is 32.2. The van der Waals surface area contributed by atoms with Crippen molar-refractivity contribution in [2.75, 3.05) is 0 Å². The van der Waals surface area contributed by atoms with Gasteiger partial charge in [0.25, 0.3) is 51.9 Å². The van der Waals surface area contributed by atoms with Crippen molar-refractivity contribution >= 4 is 102 Å². The summed E-state index contributed by atoms with van der Waals surface area (Å²) >= 11 is 0. The maximum atomic E-state index is 12.7. The number of amides is 1. The molecule has 0 spiro atoms. The molecule has 0 atom stereocenters. The summed E-state index contributed by atoms with van der Waals surface area (Å²) in [6, 6.07) is 8.43. The zero-order valence-electron chi connectivity index (χ0n) is 32.5. The number of aromatic nitrogens is 1. The number of rotatable bonds is 12. The van der Waals surface area contributed by atoms with Crippen molar-refractivity contribution in [2.45, 2.75) is 40.0 Å². The number of azo groups is 3. The van der Waals surface area contributed by atoms with Crippen molar-refractivity contribution in [3.63, 3.8) is 0 Å². The van der Waals surface area contributed by atoms with Crippen LogP contribution in [-0.2, 0) is 47.0 Å². The van der Waals surface area contributed by atoms with Gasteiger partial charge >= 0.3 is 0 Å². The van der Waals surface area contributed by atoms with Crippen LogP contribution in [0.3, 0.4) is 0 Å². The molecular weight excluding hydrogens is 949 g/mol. The largest absolute Gasteiger partial charge is 0.507 e. The molecule has 340 valence electrons. The molecule has 0 bridgehead atoms. The first-order chi connectivity index (χ1) is 30.0. The number of hydrogen-bond acceptors (Lipinski definition) is 20. The second-order valence-electron chi connectivity index (χ2n) is 13.3. The number of nitrogens with two attached hydrogens (primary N) is 1. The molecule has 0 aliphatic heterocycles. The topological polar surface area (TPSA) is 438 Å². The average molecular weight is 977 g/mol. The van der Waals surface area contributed by atoms with Gasteiger partial charge in [0.2, 0.25) is 5.88 Å². The van der Waals surface area contributed by atoms with Gasteiger partial charge in [-0.2, -0.15) is 43.9 Å². The lowest BCUT2D eigenvalue weighted by molar-refractivity contribution is 0.0997. The van der Waals surface area contributed by atoms with Gasteiger partial charge in [-0.25, -0.2) is 0 Å². The normalized spacial score (nSPS) is 13.0. The predicted molar refractivity (Wildman–Crippen MR) is 222 cm³/mol. The quantitative estimate of drug-likeness (QED) is 0.0529. The second-order valence-corrected chi connectivity index (χ2v) is 18.9. The minimum Gasteiger partial charge on any atom is -0.507 e. The first kappa shape index (κ1) is 47.2. The summed E-state index contributed by atoms with van der Waals surface area (Å²) in [5.74, 6) is -4.98. The number of primary amides is 1. The number of pyridine rings is 1. The molecule has 0 saturated carbocycles. The summed E-state index contributed by atoms with van der Waals surface area (Å²) in [6.07, 6.45) is 0. The monoisotopic (exact) mass is 976 g/mol. The minimum absolute atomic E-state index is 0.0290. The van der Waals surface area contributed by atoms with Gasteiger partial charge < -0.3 is 26.2 Å². The number of phenols is 3. The number of aromatic hydroxyl groups is 4. The van der Waals surface area contributed by atoms with E-state index in [1.807, 2.05) is 0 Å². The van der Waals surface area contributed by atoms with E-state index in [4.69, 9.17) is 5.73 Å². The van der Waals surface area contributed by atoms with Gasteiger partial charge in [-0.15, -0.1) is 20.5 Å². The smallest absolute Gasteiger partial charge is 0.296 e. The average Bonchev–Trinajstić information content (AvgIpc) is 3.18. The maximum absolute atomic E-state index is 12.7. The van der Waals surface area contributed by atoms with Gasteiger partial charge in [0.1, 0.15) is 48.7 Å². The number of fused-ring (bicyclic) bond motifs is 2. The van der Waals surface area contributed by atoms with Crippen molar-refractivity contribution in [3.8, 4) is 23.1 Å². The molecular formula is C35H28N8O18S4. The van der Waals surface area contributed by atoms with E-state index in [9.17, 15) is 81.9 Å². The van der Waals surface area contributed by atoms with Crippen LogP contribution in [0.1, 0.15) is 22.8 Å². The zero-order chi connectivity index (χ0) is 48.3. The SMILES string of the molecule is CCn1c(O)c(/N=N/c2ccc3cc(S(=O)(=O)O)c(/N=N/c4ccc(/N=N/c5c(S(=O)(=O)O)cc6cc(S(=O)(=O)O)cc(O)c6c5O)c(S(=O)(=O)O)c4)c(O)c3c2)c(C)c(C(N)=O)c1=O. The van der Waals surface area contributed by atoms with E-state index < -0.39 is 134 Å². The van der Waals surface area contributed by atoms with E-state index in [0.29, 0.717) is 24.3 Å². The van der Waals surface area contributed by atoms with E-state index in [0.717, 1.165) is 28.8 Å². The molecule has 0 aliphatic rings. The Balaban J connectivity index is 1.44. The fraction of sp³-hybridized carbons (Fsp3) is 0.0857. The van der Waals surface area contributed by atoms with Crippen LogP contribution in [0.15, 0.2) is 116 Å². The third-order valence-corrected chi connectivity index (χ3v) is 12.7. The first-order valence-corrected chi connectivity index (χ1v) is 23.2.